The van der Waals surface area contributed by atoms with Crippen LogP contribution in [0, 0.1) is 13.8 Å². The molecule has 110 valence electrons. The Hall–Kier alpha value is -2.49. The molecule has 0 radical (unpaired) electrons. The van der Waals surface area contributed by atoms with Crippen molar-refractivity contribution in [2.24, 2.45) is 0 Å². The van der Waals surface area contributed by atoms with Crippen molar-refractivity contribution in [2.75, 3.05) is 12.8 Å². The van der Waals surface area contributed by atoms with Crippen LogP contribution in [0.25, 0.3) is 0 Å². The van der Waals surface area contributed by atoms with E-state index in [1.807, 2.05) is 44.2 Å². The van der Waals surface area contributed by atoms with E-state index in [1.165, 1.54) is 0 Å². The van der Waals surface area contributed by atoms with Gasteiger partial charge in [0, 0.05) is 11.3 Å². The van der Waals surface area contributed by atoms with Crippen molar-refractivity contribution in [1.82, 2.24) is 0 Å². The fourth-order valence-corrected chi connectivity index (χ4v) is 2.13. The van der Waals surface area contributed by atoms with E-state index in [2.05, 4.69) is 0 Å². The molecule has 0 heterocycles. The quantitative estimate of drug-likeness (QED) is 0.692. The summed E-state index contributed by atoms with van der Waals surface area (Å²) in [5, 5.41) is 0. The van der Waals surface area contributed by atoms with Crippen LogP contribution in [0.2, 0.25) is 0 Å². The average Bonchev–Trinajstić information content (AvgIpc) is 2.48. The topological polar surface area (TPSA) is 61.5 Å². The highest BCUT2D eigenvalue weighted by molar-refractivity contribution is 5.92. The Balaban J connectivity index is 2.14. The maximum absolute atomic E-state index is 12.2. The van der Waals surface area contributed by atoms with Crippen LogP contribution in [-0.4, -0.2) is 13.1 Å². The third-order valence-electron chi connectivity index (χ3n) is 3.38. The highest BCUT2D eigenvalue weighted by Gasteiger charge is 2.13. The van der Waals surface area contributed by atoms with Crippen LogP contribution in [0.5, 0.6) is 5.75 Å². The average molecular weight is 285 g/mol. The Labute approximate surface area is 124 Å². The monoisotopic (exact) mass is 285 g/mol. The highest BCUT2D eigenvalue weighted by atomic mass is 16.5. The standard InChI is InChI=1S/C17H19NO3/c1-11-8-12(2)15(18)9-14(11)17(19)21-10-13-6-4-5-7-16(13)20-3/h4-9H,10,18H2,1-3H3. The first-order valence-electron chi connectivity index (χ1n) is 6.68. The van der Waals surface area contributed by atoms with Gasteiger partial charge in [-0.1, -0.05) is 24.3 Å². The molecule has 0 aliphatic heterocycles. The van der Waals surface area contributed by atoms with Gasteiger partial charge in [-0.2, -0.15) is 0 Å². The SMILES string of the molecule is COc1ccccc1COC(=O)c1cc(N)c(C)cc1C. The lowest BCUT2D eigenvalue weighted by Crippen LogP contribution is -2.09. The van der Waals surface area contributed by atoms with E-state index < -0.39 is 0 Å². The summed E-state index contributed by atoms with van der Waals surface area (Å²) < 4.78 is 10.6. The largest absolute Gasteiger partial charge is 0.496 e. The van der Waals surface area contributed by atoms with Gasteiger partial charge in [0.05, 0.1) is 12.7 Å². The molecule has 2 aromatic carbocycles. The van der Waals surface area contributed by atoms with E-state index in [1.54, 1.807) is 13.2 Å². The molecule has 0 amide bonds. The van der Waals surface area contributed by atoms with Gasteiger partial charge in [-0.05, 0) is 37.1 Å². The molecule has 2 aromatic rings. The van der Waals surface area contributed by atoms with Gasteiger partial charge in [0.2, 0.25) is 0 Å². The van der Waals surface area contributed by atoms with E-state index in [0.29, 0.717) is 17.0 Å². The molecule has 4 heteroatoms. The first-order valence-corrected chi connectivity index (χ1v) is 6.68. The van der Waals surface area contributed by atoms with E-state index in [-0.39, 0.29) is 12.6 Å². The van der Waals surface area contributed by atoms with Crippen LogP contribution in [0.15, 0.2) is 36.4 Å². The number of rotatable bonds is 4. The molecule has 21 heavy (non-hydrogen) atoms. The summed E-state index contributed by atoms with van der Waals surface area (Å²) in [6.07, 6.45) is 0. The molecule has 0 spiro atoms. The Morgan fingerprint density at radius 2 is 1.86 bits per heavy atom. The van der Waals surface area contributed by atoms with Crippen LogP contribution >= 0.6 is 0 Å². The minimum absolute atomic E-state index is 0.163. The van der Waals surface area contributed by atoms with Gasteiger partial charge >= 0.3 is 5.97 Å². The first kappa shape index (κ1) is 14.9. The van der Waals surface area contributed by atoms with Crippen molar-refractivity contribution in [2.45, 2.75) is 20.5 Å². The summed E-state index contributed by atoms with van der Waals surface area (Å²) in [6.45, 7) is 3.94. The molecule has 2 N–H and O–H groups in total. The third kappa shape index (κ3) is 3.34. The molecule has 2 rings (SSSR count). The molecule has 0 fully saturated rings. The van der Waals surface area contributed by atoms with Gasteiger partial charge in [0.1, 0.15) is 12.4 Å². The number of aryl methyl sites for hydroxylation is 2. The number of hydrogen-bond acceptors (Lipinski definition) is 4. The summed E-state index contributed by atoms with van der Waals surface area (Å²) in [5.74, 6) is 0.315. The molecule has 0 saturated heterocycles. The molecular weight excluding hydrogens is 266 g/mol. The number of esters is 1. The zero-order valence-corrected chi connectivity index (χ0v) is 12.5. The number of nitrogen functional groups attached to an aromatic ring is 1. The predicted octanol–water partition coefficient (Wildman–Crippen LogP) is 3.25. The number of nitrogens with two attached hydrogens (primary N) is 1. The van der Waals surface area contributed by atoms with Crippen molar-refractivity contribution >= 4 is 11.7 Å². The smallest absolute Gasteiger partial charge is 0.338 e. The Kier molecular flexibility index (Phi) is 4.48. The van der Waals surface area contributed by atoms with Gasteiger partial charge in [0.15, 0.2) is 0 Å². The van der Waals surface area contributed by atoms with Crippen molar-refractivity contribution in [3.05, 3.63) is 58.7 Å². The molecule has 0 aromatic heterocycles. The number of carbonyl (C=O) groups is 1. The molecule has 0 unspecified atom stereocenters. The van der Waals surface area contributed by atoms with Gasteiger partial charge in [-0.3, -0.25) is 0 Å². The first-order chi connectivity index (χ1) is 10.0. The molecule has 0 bridgehead atoms. The zero-order chi connectivity index (χ0) is 15.4. The second-order valence-electron chi connectivity index (χ2n) is 4.91. The minimum Gasteiger partial charge on any atom is -0.496 e. The Morgan fingerprint density at radius 3 is 2.57 bits per heavy atom. The summed E-state index contributed by atoms with van der Waals surface area (Å²) in [5.41, 5.74) is 9.56. The van der Waals surface area contributed by atoms with Crippen molar-refractivity contribution in [3.8, 4) is 5.75 Å². The number of benzene rings is 2. The number of para-hydroxylation sites is 1. The van der Waals surface area contributed by atoms with Gasteiger partial charge < -0.3 is 15.2 Å². The highest BCUT2D eigenvalue weighted by Crippen LogP contribution is 2.21. The number of ether oxygens (including phenoxy) is 2. The lowest BCUT2D eigenvalue weighted by molar-refractivity contribution is 0.0469. The molecule has 0 aliphatic rings. The van der Waals surface area contributed by atoms with Gasteiger partial charge in [-0.25, -0.2) is 4.79 Å². The summed E-state index contributed by atoms with van der Waals surface area (Å²) in [6, 6.07) is 11.0. The maximum atomic E-state index is 12.2. The summed E-state index contributed by atoms with van der Waals surface area (Å²) in [4.78, 5) is 12.2. The number of methoxy groups -OCH3 is 1. The number of hydrogen-bond donors (Lipinski definition) is 1. The summed E-state index contributed by atoms with van der Waals surface area (Å²) >= 11 is 0. The van der Waals surface area contributed by atoms with Crippen LogP contribution in [0.4, 0.5) is 5.69 Å². The van der Waals surface area contributed by atoms with E-state index >= 15 is 0 Å². The van der Waals surface area contributed by atoms with Crippen molar-refractivity contribution < 1.29 is 14.3 Å². The molecule has 0 saturated carbocycles. The van der Waals surface area contributed by atoms with Gasteiger partial charge in [-0.15, -0.1) is 0 Å². The van der Waals surface area contributed by atoms with E-state index in [9.17, 15) is 4.79 Å². The normalized spacial score (nSPS) is 10.2. The van der Waals surface area contributed by atoms with Gasteiger partial charge in [0.25, 0.3) is 0 Å². The fraction of sp³-hybridized carbons (Fsp3) is 0.235. The molecule has 0 atom stereocenters. The van der Waals surface area contributed by atoms with Crippen LogP contribution in [-0.2, 0) is 11.3 Å². The van der Waals surface area contributed by atoms with Crippen molar-refractivity contribution in [1.29, 1.82) is 0 Å². The van der Waals surface area contributed by atoms with Crippen LogP contribution in [0.1, 0.15) is 27.0 Å². The van der Waals surface area contributed by atoms with Crippen LogP contribution in [0.3, 0.4) is 0 Å². The van der Waals surface area contributed by atoms with E-state index in [0.717, 1.165) is 16.7 Å². The maximum Gasteiger partial charge on any atom is 0.338 e. The fourth-order valence-electron chi connectivity index (χ4n) is 2.13. The zero-order valence-electron chi connectivity index (χ0n) is 12.5. The predicted molar refractivity (Wildman–Crippen MR) is 82.4 cm³/mol. The third-order valence-corrected chi connectivity index (χ3v) is 3.38. The lowest BCUT2D eigenvalue weighted by atomic mass is 10.0. The Bertz CT molecular complexity index is 665. The summed E-state index contributed by atoms with van der Waals surface area (Å²) in [7, 11) is 1.59. The van der Waals surface area contributed by atoms with E-state index in [4.69, 9.17) is 15.2 Å². The molecule has 4 nitrogen and oxygen atoms in total. The minimum atomic E-state index is -0.384. The Morgan fingerprint density at radius 1 is 1.14 bits per heavy atom. The second kappa shape index (κ2) is 6.31. The number of carbonyl (C=O) groups excluding carboxylic acids is 1. The van der Waals surface area contributed by atoms with Crippen molar-refractivity contribution in [3.63, 3.8) is 0 Å². The second-order valence-corrected chi connectivity index (χ2v) is 4.91. The van der Waals surface area contributed by atoms with Crippen LogP contribution < -0.4 is 10.5 Å². The molecule has 0 aliphatic carbocycles. The number of anilines is 1. The lowest BCUT2D eigenvalue weighted by Gasteiger charge is -2.11. The molecular formula is C17H19NO3.